The van der Waals surface area contributed by atoms with Gasteiger partial charge in [-0.05, 0) is 31.0 Å². The molecule has 5 heteroatoms. The summed E-state index contributed by atoms with van der Waals surface area (Å²) in [6.45, 7) is 5.87. The standard InChI is InChI=1S/C17H20N4O/c1-13-10-15-11-19(8-9-21(15)18-13)12-17(22)20-7-6-14-4-2-3-5-16(14)20/h2-5,10H,6-9,11-12H2,1H3. The van der Waals surface area contributed by atoms with Crippen LogP contribution in [0.2, 0.25) is 0 Å². The third kappa shape index (κ3) is 2.31. The Balaban J connectivity index is 1.45. The zero-order valence-electron chi connectivity index (χ0n) is 12.8. The molecule has 2 aromatic rings. The van der Waals surface area contributed by atoms with Gasteiger partial charge in [-0.25, -0.2) is 0 Å². The zero-order valence-corrected chi connectivity index (χ0v) is 12.8. The zero-order chi connectivity index (χ0) is 15.1. The molecular formula is C17H20N4O. The molecule has 2 aliphatic rings. The average Bonchev–Trinajstić information content (AvgIpc) is 3.09. The molecule has 0 radical (unpaired) electrons. The first kappa shape index (κ1) is 13.5. The Hall–Kier alpha value is -2.14. The van der Waals surface area contributed by atoms with E-state index in [0.717, 1.165) is 44.0 Å². The molecule has 0 bridgehead atoms. The number of hydrogen-bond acceptors (Lipinski definition) is 3. The van der Waals surface area contributed by atoms with Crippen LogP contribution in [0, 0.1) is 6.92 Å². The highest BCUT2D eigenvalue weighted by atomic mass is 16.2. The number of nitrogens with zero attached hydrogens (tertiary/aromatic N) is 4. The number of carbonyl (C=O) groups excluding carboxylic acids is 1. The molecule has 2 aliphatic heterocycles. The van der Waals surface area contributed by atoms with Gasteiger partial charge in [-0.1, -0.05) is 18.2 Å². The van der Waals surface area contributed by atoms with Gasteiger partial charge in [0.15, 0.2) is 0 Å². The number of fused-ring (bicyclic) bond motifs is 2. The number of rotatable bonds is 2. The maximum atomic E-state index is 12.7. The molecule has 0 atom stereocenters. The molecule has 4 rings (SSSR count). The van der Waals surface area contributed by atoms with E-state index in [1.165, 1.54) is 11.3 Å². The summed E-state index contributed by atoms with van der Waals surface area (Å²) in [7, 11) is 0. The van der Waals surface area contributed by atoms with Crippen LogP contribution >= 0.6 is 0 Å². The number of amides is 1. The SMILES string of the molecule is Cc1cc2n(n1)CCN(CC(=O)N1CCc3ccccc31)C2. The molecule has 1 aromatic carbocycles. The van der Waals surface area contributed by atoms with Crippen molar-refractivity contribution in [2.75, 3.05) is 24.5 Å². The molecule has 0 fully saturated rings. The van der Waals surface area contributed by atoms with Crippen LogP contribution < -0.4 is 4.90 Å². The average molecular weight is 296 g/mol. The van der Waals surface area contributed by atoms with Gasteiger partial charge in [-0.3, -0.25) is 14.4 Å². The number of para-hydroxylation sites is 1. The maximum Gasteiger partial charge on any atom is 0.241 e. The van der Waals surface area contributed by atoms with Gasteiger partial charge < -0.3 is 4.90 Å². The van der Waals surface area contributed by atoms with Crippen LogP contribution in [0.15, 0.2) is 30.3 Å². The molecule has 3 heterocycles. The number of benzene rings is 1. The fourth-order valence-electron chi connectivity index (χ4n) is 3.47. The van der Waals surface area contributed by atoms with Crippen molar-refractivity contribution >= 4 is 11.6 Å². The topological polar surface area (TPSA) is 41.4 Å². The lowest BCUT2D eigenvalue weighted by atomic mass is 10.2. The van der Waals surface area contributed by atoms with E-state index in [9.17, 15) is 4.79 Å². The van der Waals surface area contributed by atoms with Gasteiger partial charge in [-0.15, -0.1) is 0 Å². The number of carbonyl (C=O) groups is 1. The van der Waals surface area contributed by atoms with E-state index < -0.39 is 0 Å². The molecule has 5 nitrogen and oxygen atoms in total. The van der Waals surface area contributed by atoms with E-state index in [1.54, 1.807) is 0 Å². The Morgan fingerprint density at radius 1 is 1.23 bits per heavy atom. The van der Waals surface area contributed by atoms with Gasteiger partial charge in [0.1, 0.15) is 0 Å². The highest BCUT2D eigenvalue weighted by Gasteiger charge is 2.27. The Bertz CT molecular complexity index is 721. The second-order valence-corrected chi connectivity index (χ2v) is 6.13. The third-order valence-corrected chi connectivity index (χ3v) is 4.55. The molecule has 0 unspecified atom stereocenters. The lowest BCUT2D eigenvalue weighted by Gasteiger charge is -2.28. The first-order chi connectivity index (χ1) is 10.7. The molecular weight excluding hydrogens is 276 g/mol. The first-order valence-corrected chi connectivity index (χ1v) is 7.85. The van der Waals surface area contributed by atoms with Crippen molar-refractivity contribution in [1.82, 2.24) is 14.7 Å². The van der Waals surface area contributed by atoms with E-state index in [1.807, 2.05) is 24.0 Å². The van der Waals surface area contributed by atoms with E-state index in [0.29, 0.717) is 6.54 Å². The lowest BCUT2D eigenvalue weighted by molar-refractivity contribution is -0.120. The molecule has 0 aliphatic carbocycles. The van der Waals surface area contributed by atoms with Gasteiger partial charge in [-0.2, -0.15) is 5.10 Å². The van der Waals surface area contributed by atoms with Crippen molar-refractivity contribution in [2.45, 2.75) is 26.4 Å². The smallest absolute Gasteiger partial charge is 0.241 e. The summed E-state index contributed by atoms with van der Waals surface area (Å²) in [4.78, 5) is 16.8. The summed E-state index contributed by atoms with van der Waals surface area (Å²) < 4.78 is 2.06. The van der Waals surface area contributed by atoms with Crippen molar-refractivity contribution in [1.29, 1.82) is 0 Å². The van der Waals surface area contributed by atoms with Crippen LogP contribution in [0.3, 0.4) is 0 Å². The van der Waals surface area contributed by atoms with Crippen molar-refractivity contribution in [3.8, 4) is 0 Å². The number of aryl methyl sites for hydroxylation is 1. The highest BCUT2D eigenvalue weighted by Crippen LogP contribution is 2.27. The number of aromatic nitrogens is 2. The monoisotopic (exact) mass is 296 g/mol. The summed E-state index contributed by atoms with van der Waals surface area (Å²) in [6, 6.07) is 10.3. The maximum absolute atomic E-state index is 12.7. The quantitative estimate of drug-likeness (QED) is 0.845. The lowest BCUT2D eigenvalue weighted by Crippen LogP contribution is -2.42. The fraction of sp³-hybridized carbons (Fsp3) is 0.412. The van der Waals surface area contributed by atoms with Crippen LogP contribution in [-0.4, -0.2) is 40.2 Å². The van der Waals surface area contributed by atoms with Crippen LogP contribution in [0.5, 0.6) is 0 Å². The second kappa shape index (κ2) is 5.25. The molecule has 1 amide bonds. The fourth-order valence-corrected chi connectivity index (χ4v) is 3.47. The van der Waals surface area contributed by atoms with Gasteiger partial charge in [0.25, 0.3) is 0 Å². The predicted molar refractivity (Wildman–Crippen MR) is 84.7 cm³/mol. The van der Waals surface area contributed by atoms with E-state index in [-0.39, 0.29) is 5.91 Å². The summed E-state index contributed by atoms with van der Waals surface area (Å²) in [5.74, 6) is 0.203. The summed E-state index contributed by atoms with van der Waals surface area (Å²) in [6.07, 6.45) is 0.966. The third-order valence-electron chi connectivity index (χ3n) is 4.55. The van der Waals surface area contributed by atoms with E-state index >= 15 is 0 Å². The summed E-state index contributed by atoms with van der Waals surface area (Å²) >= 11 is 0. The molecule has 1 aromatic heterocycles. The van der Waals surface area contributed by atoms with Crippen molar-refractivity contribution in [2.24, 2.45) is 0 Å². The predicted octanol–water partition coefficient (Wildman–Crippen LogP) is 1.60. The molecule has 0 spiro atoms. The van der Waals surface area contributed by atoms with E-state index in [4.69, 9.17) is 0 Å². The Kier molecular flexibility index (Phi) is 3.22. The van der Waals surface area contributed by atoms with Crippen LogP contribution in [0.1, 0.15) is 17.0 Å². The minimum Gasteiger partial charge on any atom is -0.311 e. The Morgan fingerprint density at radius 2 is 2.09 bits per heavy atom. The largest absolute Gasteiger partial charge is 0.311 e. The Labute approximate surface area is 130 Å². The second-order valence-electron chi connectivity index (χ2n) is 6.13. The molecule has 114 valence electrons. The molecule has 22 heavy (non-hydrogen) atoms. The van der Waals surface area contributed by atoms with Crippen LogP contribution in [0.25, 0.3) is 0 Å². The van der Waals surface area contributed by atoms with E-state index in [2.05, 4.69) is 32.9 Å². The van der Waals surface area contributed by atoms with Gasteiger partial charge in [0, 0.05) is 25.3 Å². The normalized spacial score (nSPS) is 17.4. The summed E-state index contributed by atoms with van der Waals surface area (Å²) in [5.41, 5.74) is 4.63. The highest BCUT2D eigenvalue weighted by molar-refractivity contribution is 5.96. The molecule has 0 N–H and O–H groups in total. The molecule has 0 saturated carbocycles. The molecule has 0 saturated heterocycles. The van der Waals surface area contributed by atoms with Gasteiger partial charge >= 0.3 is 0 Å². The van der Waals surface area contributed by atoms with Gasteiger partial charge in [0.05, 0.1) is 24.5 Å². The number of anilines is 1. The van der Waals surface area contributed by atoms with Crippen molar-refractivity contribution in [3.05, 3.63) is 47.3 Å². The summed E-state index contributed by atoms with van der Waals surface area (Å²) in [5, 5.41) is 4.47. The van der Waals surface area contributed by atoms with Crippen LogP contribution in [0.4, 0.5) is 5.69 Å². The first-order valence-electron chi connectivity index (χ1n) is 7.85. The number of hydrogen-bond donors (Lipinski definition) is 0. The van der Waals surface area contributed by atoms with Crippen molar-refractivity contribution in [3.63, 3.8) is 0 Å². The Morgan fingerprint density at radius 3 is 3.00 bits per heavy atom. The minimum atomic E-state index is 0.203. The van der Waals surface area contributed by atoms with Crippen molar-refractivity contribution < 1.29 is 4.79 Å². The van der Waals surface area contributed by atoms with Crippen LogP contribution in [-0.2, 0) is 24.3 Å². The minimum absolute atomic E-state index is 0.203. The van der Waals surface area contributed by atoms with Gasteiger partial charge in [0.2, 0.25) is 5.91 Å².